The first-order valence-electron chi connectivity index (χ1n) is 6.33. The third kappa shape index (κ3) is 3.98. The van der Waals surface area contributed by atoms with Gasteiger partial charge in [-0.3, -0.25) is 9.59 Å². The SMILES string of the molecule is CC1CC(=O)Nc2cc(S(=O)(=O)CCC(=O)O)ccc2S1. The lowest BCUT2D eigenvalue weighted by atomic mass is 10.3. The Morgan fingerprint density at radius 3 is 2.86 bits per heavy atom. The lowest BCUT2D eigenvalue weighted by Crippen LogP contribution is -2.14. The van der Waals surface area contributed by atoms with Gasteiger partial charge in [0, 0.05) is 16.6 Å². The monoisotopic (exact) mass is 329 g/mol. The minimum absolute atomic E-state index is 0.0259. The van der Waals surface area contributed by atoms with Gasteiger partial charge in [0.25, 0.3) is 0 Å². The van der Waals surface area contributed by atoms with Crippen LogP contribution in [0, 0.1) is 0 Å². The molecule has 8 heteroatoms. The molecule has 2 rings (SSSR count). The summed E-state index contributed by atoms with van der Waals surface area (Å²) in [7, 11) is -3.67. The number of sulfone groups is 1. The Morgan fingerprint density at radius 2 is 2.19 bits per heavy atom. The number of benzene rings is 1. The number of hydrogen-bond acceptors (Lipinski definition) is 5. The maximum absolute atomic E-state index is 12.1. The van der Waals surface area contributed by atoms with Crippen LogP contribution in [0.1, 0.15) is 19.8 Å². The minimum atomic E-state index is -3.67. The molecule has 1 aliphatic heterocycles. The summed E-state index contributed by atoms with van der Waals surface area (Å²) in [6.07, 6.45) is -0.0853. The van der Waals surface area contributed by atoms with Crippen molar-refractivity contribution in [3.05, 3.63) is 18.2 Å². The zero-order valence-electron chi connectivity index (χ0n) is 11.3. The van der Waals surface area contributed by atoms with Gasteiger partial charge >= 0.3 is 5.97 Å². The van der Waals surface area contributed by atoms with E-state index < -0.39 is 28.0 Å². The average Bonchev–Trinajstić information content (AvgIpc) is 2.52. The normalized spacial score (nSPS) is 18.5. The summed E-state index contributed by atoms with van der Waals surface area (Å²) in [5, 5.41) is 11.4. The summed E-state index contributed by atoms with van der Waals surface area (Å²) in [6.45, 7) is 1.93. The number of anilines is 1. The number of hydrogen-bond donors (Lipinski definition) is 2. The second-order valence-corrected chi connectivity index (χ2v) is 8.39. The van der Waals surface area contributed by atoms with Crippen molar-refractivity contribution in [3.8, 4) is 0 Å². The van der Waals surface area contributed by atoms with Crippen LogP contribution >= 0.6 is 11.8 Å². The molecule has 21 heavy (non-hydrogen) atoms. The van der Waals surface area contributed by atoms with E-state index in [9.17, 15) is 18.0 Å². The maximum atomic E-state index is 12.1. The number of rotatable bonds is 4. The molecule has 0 aliphatic carbocycles. The first-order valence-corrected chi connectivity index (χ1v) is 8.86. The van der Waals surface area contributed by atoms with E-state index in [-0.39, 0.29) is 16.1 Å². The van der Waals surface area contributed by atoms with Gasteiger partial charge in [-0.1, -0.05) is 6.92 Å². The zero-order chi connectivity index (χ0) is 15.6. The smallest absolute Gasteiger partial charge is 0.304 e. The Labute approximate surface area is 126 Å². The molecule has 1 aliphatic rings. The molecule has 0 saturated carbocycles. The second-order valence-electron chi connectivity index (χ2n) is 4.80. The van der Waals surface area contributed by atoms with Gasteiger partial charge in [-0.15, -0.1) is 11.8 Å². The lowest BCUT2D eigenvalue weighted by molar-refractivity contribution is -0.136. The third-order valence-electron chi connectivity index (χ3n) is 2.97. The van der Waals surface area contributed by atoms with Gasteiger partial charge in [0.15, 0.2) is 9.84 Å². The lowest BCUT2D eigenvalue weighted by Gasteiger charge is -2.10. The van der Waals surface area contributed by atoms with E-state index in [0.29, 0.717) is 12.1 Å². The molecule has 0 radical (unpaired) electrons. The van der Waals surface area contributed by atoms with Crippen molar-refractivity contribution in [2.24, 2.45) is 0 Å². The van der Waals surface area contributed by atoms with Crippen LogP contribution in [-0.2, 0) is 19.4 Å². The molecule has 6 nitrogen and oxygen atoms in total. The number of carboxylic acid groups (broad SMARTS) is 1. The average molecular weight is 329 g/mol. The number of carboxylic acids is 1. The Morgan fingerprint density at radius 1 is 1.48 bits per heavy atom. The summed E-state index contributed by atoms with van der Waals surface area (Å²) in [6, 6.07) is 4.50. The quantitative estimate of drug-likeness (QED) is 0.873. The van der Waals surface area contributed by atoms with Crippen LogP contribution in [0.5, 0.6) is 0 Å². The maximum Gasteiger partial charge on any atom is 0.304 e. The molecule has 0 aromatic heterocycles. The Hall–Kier alpha value is -1.54. The van der Waals surface area contributed by atoms with E-state index in [1.54, 1.807) is 6.07 Å². The topological polar surface area (TPSA) is 101 Å². The van der Waals surface area contributed by atoms with E-state index in [2.05, 4.69) is 5.32 Å². The summed E-state index contributed by atoms with van der Waals surface area (Å²) >= 11 is 1.50. The predicted octanol–water partition coefficient (Wildman–Crippen LogP) is 1.76. The van der Waals surface area contributed by atoms with Crippen LogP contribution in [0.3, 0.4) is 0 Å². The van der Waals surface area contributed by atoms with Gasteiger partial charge in [0.05, 0.1) is 22.8 Å². The fourth-order valence-corrected chi connectivity index (χ4v) is 4.27. The molecule has 0 fully saturated rings. The molecule has 1 unspecified atom stereocenters. The van der Waals surface area contributed by atoms with Crippen LogP contribution in [0.15, 0.2) is 28.0 Å². The first-order chi connectivity index (χ1) is 9.78. The van der Waals surface area contributed by atoms with Crippen molar-refractivity contribution in [2.75, 3.05) is 11.1 Å². The fourth-order valence-electron chi connectivity index (χ4n) is 1.96. The standard InChI is InChI=1S/C13H15NO5S2/c1-8-6-12(15)14-10-7-9(2-3-11(10)20-8)21(18,19)5-4-13(16)17/h2-3,7-8H,4-6H2,1H3,(H,14,15)(H,16,17). The largest absolute Gasteiger partial charge is 0.481 e. The van der Waals surface area contributed by atoms with E-state index in [0.717, 1.165) is 4.90 Å². The van der Waals surface area contributed by atoms with Crippen LogP contribution in [0.2, 0.25) is 0 Å². The molecule has 1 heterocycles. The van der Waals surface area contributed by atoms with Gasteiger partial charge in [0.1, 0.15) is 0 Å². The van der Waals surface area contributed by atoms with Crippen LogP contribution < -0.4 is 5.32 Å². The summed E-state index contributed by atoms with van der Waals surface area (Å²) in [5.41, 5.74) is 0.464. The predicted molar refractivity (Wildman–Crippen MR) is 79.3 cm³/mol. The summed E-state index contributed by atoms with van der Waals surface area (Å²) in [4.78, 5) is 23.0. The Bertz CT molecular complexity index is 684. The number of aliphatic carboxylic acids is 1. The van der Waals surface area contributed by atoms with Crippen LogP contribution in [0.4, 0.5) is 5.69 Å². The highest BCUT2D eigenvalue weighted by atomic mass is 32.2. The van der Waals surface area contributed by atoms with Crippen LogP contribution in [-0.4, -0.2) is 36.4 Å². The van der Waals surface area contributed by atoms with Crippen LogP contribution in [0.25, 0.3) is 0 Å². The Kier molecular flexibility index (Phi) is 4.58. The van der Waals surface area contributed by atoms with Crippen molar-refractivity contribution in [2.45, 2.75) is 34.8 Å². The van der Waals surface area contributed by atoms with E-state index in [4.69, 9.17) is 5.11 Å². The number of carbonyl (C=O) groups excluding carboxylic acids is 1. The molecular formula is C13H15NO5S2. The molecule has 1 aromatic rings. The highest BCUT2D eigenvalue weighted by Crippen LogP contribution is 2.36. The summed E-state index contributed by atoms with van der Waals surface area (Å²) < 4.78 is 24.1. The van der Waals surface area contributed by atoms with Gasteiger partial charge < -0.3 is 10.4 Å². The number of amides is 1. The number of thioether (sulfide) groups is 1. The van der Waals surface area contributed by atoms with E-state index in [1.165, 1.54) is 23.9 Å². The highest BCUT2D eigenvalue weighted by molar-refractivity contribution is 8.00. The highest BCUT2D eigenvalue weighted by Gasteiger charge is 2.22. The second kappa shape index (κ2) is 6.07. The van der Waals surface area contributed by atoms with E-state index in [1.807, 2.05) is 6.92 Å². The molecule has 2 N–H and O–H groups in total. The number of carbonyl (C=O) groups is 2. The number of fused-ring (bicyclic) bond motifs is 1. The molecule has 114 valence electrons. The summed E-state index contributed by atoms with van der Waals surface area (Å²) in [5.74, 6) is -1.78. The fraction of sp³-hybridized carbons (Fsp3) is 0.385. The van der Waals surface area contributed by atoms with Crippen molar-refractivity contribution < 1.29 is 23.1 Å². The van der Waals surface area contributed by atoms with Gasteiger partial charge in [-0.2, -0.15) is 0 Å². The van der Waals surface area contributed by atoms with Gasteiger partial charge in [0.2, 0.25) is 5.91 Å². The zero-order valence-corrected chi connectivity index (χ0v) is 13.0. The third-order valence-corrected chi connectivity index (χ3v) is 5.86. The van der Waals surface area contributed by atoms with E-state index >= 15 is 0 Å². The molecule has 1 atom stereocenters. The number of nitrogens with one attached hydrogen (secondary N) is 1. The van der Waals surface area contributed by atoms with Crippen molar-refractivity contribution in [1.29, 1.82) is 0 Å². The molecular weight excluding hydrogens is 314 g/mol. The Balaban J connectivity index is 2.32. The molecule has 1 amide bonds. The van der Waals surface area contributed by atoms with Crippen molar-refractivity contribution in [1.82, 2.24) is 0 Å². The molecule has 0 spiro atoms. The first kappa shape index (κ1) is 15.8. The molecule has 0 bridgehead atoms. The minimum Gasteiger partial charge on any atom is -0.481 e. The van der Waals surface area contributed by atoms with Gasteiger partial charge in [-0.25, -0.2) is 8.42 Å². The van der Waals surface area contributed by atoms with Crippen molar-refractivity contribution in [3.63, 3.8) is 0 Å². The van der Waals surface area contributed by atoms with Gasteiger partial charge in [-0.05, 0) is 18.2 Å². The molecule has 0 saturated heterocycles. The molecule has 1 aromatic carbocycles. The van der Waals surface area contributed by atoms with Crippen molar-refractivity contribution >= 4 is 39.2 Å².